The fourth-order valence-electron chi connectivity index (χ4n) is 2.02. The molecule has 1 aromatic heterocycles. The normalized spacial score (nSPS) is 13.4. The number of hydrogen-bond acceptors (Lipinski definition) is 3. The van der Waals surface area contributed by atoms with Gasteiger partial charge in [-0.1, -0.05) is 34.1 Å². The van der Waals surface area contributed by atoms with Gasteiger partial charge in [0.1, 0.15) is 4.90 Å². The second-order valence-electron chi connectivity index (χ2n) is 6.85. The van der Waals surface area contributed by atoms with Gasteiger partial charge in [0.2, 0.25) is 10.0 Å². The molecule has 0 bridgehead atoms. The molecule has 0 N–H and O–H groups in total. The zero-order valence-corrected chi connectivity index (χ0v) is 15.2. The molecule has 6 heteroatoms. The standard InChI is InChI=1S/C15H29N3O2S/c1-8-9-10-17(7)21(19,20)13-11-18(12(2)3)16-14(13)15(4,5)6/h11-12H,8-10H2,1-7H3. The van der Waals surface area contributed by atoms with Crippen LogP contribution in [-0.2, 0) is 15.4 Å². The molecule has 1 rings (SSSR count). The summed E-state index contributed by atoms with van der Waals surface area (Å²) in [5.41, 5.74) is 0.327. The summed E-state index contributed by atoms with van der Waals surface area (Å²) in [5, 5.41) is 4.52. The van der Waals surface area contributed by atoms with Crippen LogP contribution in [0.4, 0.5) is 0 Å². The lowest BCUT2D eigenvalue weighted by molar-refractivity contribution is 0.455. The van der Waals surface area contributed by atoms with Crippen molar-refractivity contribution < 1.29 is 8.42 Å². The van der Waals surface area contributed by atoms with Gasteiger partial charge in [0.05, 0.1) is 5.69 Å². The highest BCUT2D eigenvalue weighted by Crippen LogP contribution is 2.30. The molecule has 0 saturated carbocycles. The van der Waals surface area contributed by atoms with Crippen molar-refractivity contribution in [3.05, 3.63) is 11.9 Å². The van der Waals surface area contributed by atoms with Gasteiger partial charge in [0, 0.05) is 31.2 Å². The van der Waals surface area contributed by atoms with E-state index in [1.165, 1.54) is 4.31 Å². The summed E-state index contributed by atoms with van der Waals surface area (Å²) in [5.74, 6) is 0. The van der Waals surface area contributed by atoms with Crippen molar-refractivity contribution in [1.29, 1.82) is 0 Å². The van der Waals surface area contributed by atoms with Crippen LogP contribution in [0.3, 0.4) is 0 Å². The van der Waals surface area contributed by atoms with Crippen LogP contribution in [0.25, 0.3) is 0 Å². The number of rotatable bonds is 6. The van der Waals surface area contributed by atoms with E-state index in [-0.39, 0.29) is 11.5 Å². The molecule has 21 heavy (non-hydrogen) atoms. The summed E-state index contributed by atoms with van der Waals surface area (Å²) >= 11 is 0. The smallest absolute Gasteiger partial charge is 0.246 e. The first-order valence-electron chi connectivity index (χ1n) is 7.57. The van der Waals surface area contributed by atoms with Gasteiger partial charge >= 0.3 is 0 Å². The summed E-state index contributed by atoms with van der Waals surface area (Å²) in [6.45, 7) is 12.6. The Kier molecular flexibility index (Phi) is 5.61. The minimum absolute atomic E-state index is 0.135. The van der Waals surface area contributed by atoms with Crippen LogP contribution in [0.1, 0.15) is 66.1 Å². The Balaban J connectivity index is 3.33. The lowest BCUT2D eigenvalue weighted by atomic mass is 9.92. The molecule has 0 spiro atoms. The lowest BCUT2D eigenvalue weighted by Gasteiger charge is -2.21. The van der Waals surface area contributed by atoms with Gasteiger partial charge in [-0.2, -0.15) is 5.10 Å². The molecule has 0 unspecified atom stereocenters. The highest BCUT2D eigenvalue weighted by atomic mass is 32.2. The summed E-state index contributed by atoms with van der Waals surface area (Å²) in [6, 6.07) is 0.135. The van der Waals surface area contributed by atoms with Crippen LogP contribution in [-0.4, -0.2) is 36.1 Å². The summed E-state index contributed by atoms with van der Waals surface area (Å²) < 4.78 is 28.8. The number of hydrogen-bond donors (Lipinski definition) is 0. The molecule has 0 fully saturated rings. The van der Waals surface area contributed by atoms with Crippen LogP contribution < -0.4 is 0 Å². The third-order valence-electron chi connectivity index (χ3n) is 3.45. The van der Waals surface area contributed by atoms with Gasteiger partial charge in [0.15, 0.2) is 0 Å². The molecule has 5 nitrogen and oxygen atoms in total. The molecule has 122 valence electrons. The third kappa shape index (κ3) is 4.07. The molecule has 0 aromatic carbocycles. The van der Waals surface area contributed by atoms with E-state index in [2.05, 4.69) is 12.0 Å². The molecular formula is C15H29N3O2S. The van der Waals surface area contributed by atoms with E-state index in [4.69, 9.17) is 0 Å². The van der Waals surface area contributed by atoms with E-state index >= 15 is 0 Å². The fraction of sp³-hybridized carbons (Fsp3) is 0.800. The van der Waals surface area contributed by atoms with E-state index in [0.29, 0.717) is 17.1 Å². The van der Waals surface area contributed by atoms with Crippen molar-refractivity contribution in [2.45, 2.75) is 70.7 Å². The van der Waals surface area contributed by atoms with Crippen molar-refractivity contribution in [2.24, 2.45) is 0 Å². The van der Waals surface area contributed by atoms with Crippen LogP contribution in [0.2, 0.25) is 0 Å². The molecule has 0 aliphatic rings. The van der Waals surface area contributed by atoms with Crippen LogP contribution in [0.5, 0.6) is 0 Å². The number of unbranched alkanes of at least 4 members (excludes halogenated alkanes) is 1. The average Bonchev–Trinajstić information content (AvgIpc) is 2.81. The maximum atomic E-state index is 12.8. The predicted molar refractivity (Wildman–Crippen MR) is 86.0 cm³/mol. The van der Waals surface area contributed by atoms with E-state index in [1.54, 1.807) is 17.9 Å². The van der Waals surface area contributed by atoms with Crippen LogP contribution in [0.15, 0.2) is 11.1 Å². The molecule has 0 saturated heterocycles. The topological polar surface area (TPSA) is 55.2 Å². The molecule has 0 radical (unpaired) electrons. The Hall–Kier alpha value is -0.880. The second-order valence-corrected chi connectivity index (χ2v) is 8.86. The molecule has 0 aliphatic heterocycles. The van der Waals surface area contributed by atoms with Crippen LogP contribution >= 0.6 is 0 Å². The van der Waals surface area contributed by atoms with Crippen LogP contribution in [0, 0.1) is 0 Å². The largest absolute Gasteiger partial charge is 0.269 e. The van der Waals surface area contributed by atoms with Crippen molar-refractivity contribution in [3.63, 3.8) is 0 Å². The molecular weight excluding hydrogens is 286 g/mol. The first-order chi connectivity index (χ1) is 9.51. The van der Waals surface area contributed by atoms with Crippen molar-refractivity contribution in [2.75, 3.05) is 13.6 Å². The first-order valence-corrected chi connectivity index (χ1v) is 9.01. The zero-order valence-electron chi connectivity index (χ0n) is 14.3. The number of nitrogens with zero attached hydrogens (tertiary/aromatic N) is 3. The van der Waals surface area contributed by atoms with Gasteiger partial charge in [-0.05, 0) is 20.3 Å². The van der Waals surface area contributed by atoms with E-state index in [9.17, 15) is 8.42 Å². The Morgan fingerprint density at radius 2 is 1.90 bits per heavy atom. The quantitative estimate of drug-likeness (QED) is 0.810. The van der Waals surface area contributed by atoms with E-state index in [0.717, 1.165) is 12.8 Å². The molecule has 0 amide bonds. The van der Waals surface area contributed by atoms with Crippen molar-refractivity contribution in [3.8, 4) is 0 Å². The Labute approximate surface area is 129 Å². The van der Waals surface area contributed by atoms with Gasteiger partial charge < -0.3 is 0 Å². The molecule has 0 atom stereocenters. The van der Waals surface area contributed by atoms with E-state index in [1.807, 2.05) is 34.6 Å². The highest BCUT2D eigenvalue weighted by Gasteiger charge is 2.32. The zero-order chi connectivity index (χ0) is 16.4. The average molecular weight is 315 g/mol. The minimum atomic E-state index is -3.49. The van der Waals surface area contributed by atoms with Crippen molar-refractivity contribution in [1.82, 2.24) is 14.1 Å². The predicted octanol–water partition coefficient (Wildman–Crippen LogP) is 3.18. The maximum absolute atomic E-state index is 12.8. The summed E-state index contributed by atoms with van der Waals surface area (Å²) in [6.07, 6.45) is 3.50. The van der Waals surface area contributed by atoms with Gasteiger partial charge in [-0.25, -0.2) is 12.7 Å². The SMILES string of the molecule is CCCCN(C)S(=O)(=O)c1cn(C(C)C)nc1C(C)(C)C. The Morgan fingerprint density at radius 3 is 2.33 bits per heavy atom. The second kappa shape index (κ2) is 6.48. The summed E-state index contributed by atoms with van der Waals surface area (Å²) in [4.78, 5) is 0.335. The molecule has 1 aromatic rings. The molecule has 1 heterocycles. The van der Waals surface area contributed by atoms with E-state index < -0.39 is 10.0 Å². The highest BCUT2D eigenvalue weighted by molar-refractivity contribution is 7.89. The Bertz CT molecular complexity index is 568. The van der Waals surface area contributed by atoms with Gasteiger partial charge in [0.25, 0.3) is 0 Å². The maximum Gasteiger partial charge on any atom is 0.246 e. The third-order valence-corrected chi connectivity index (χ3v) is 5.31. The Morgan fingerprint density at radius 1 is 1.33 bits per heavy atom. The minimum Gasteiger partial charge on any atom is -0.269 e. The summed E-state index contributed by atoms with van der Waals surface area (Å²) in [7, 11) is -1.84. The van der Waals surface area contributed by atoms with Gasteiger partial charge in [-0.3, -0.25) is 4.68 Å². The number of aromatic nitrogens is 2. The monoisotopic (exact) mass is 315 g/mol. The molecule has 0 aliphatic carbocycles. The van der Waals surface area contributed by atoms with Gasteiger partial charge in [-0.15, -0.1) is 0 Å². The number of sulfonamides is 1. The first kappa shape index (κ1) is 18.2. The lowest BCUT2D eigenvalue weighted by Crippen LogP contribution is -2.29. The fourth-order valence-corrected chi connectivity index (χ4v) is 3.55. The van der Waals surface area contributed by atoms with Crippen molar-refractivity contribution >= 4 is 10.0 Å².